The van der Waals surface area contributed by atoms with Gasteiger partial charge in [0.2, 0.25) is 0 Å². The molecule has 0 heterocycles. The second-order valence-electron chi connectivity index (χ2n) is 6.50. The molecule has 1 saturated carbocycles. The van der Waals surface area contributed by atoms with Crippen LogP contribution >= 0.6 is 0 Å². The standard InChI is InChI=1S/C18H30N2O/c1-19-14-18(12-6-4-5-7-13-18)15-20(2)16-8-10-17(21-3)11-9-16/h8-11,19H,4-7,12-15H2,1-3H3. The number of anilines is 1. The predicted octanol–water partition coefficient (Wildman–Crippen LogP) is 3.69. The van der Waals surface area contributed by atoms with Gasteiger partial charge in [-0.05, 0) is 44.2 Å². The largest absolute Gasteiger partial charge is 0.497 e. The van der Waals surface area contributed by atoms with Gasteiger partial charge in [-0.3, -0.25) is 0 Å². The van der Waals surface area contributed by atoms with Gasteiger partial charge in [0.05, 0.1) is 7.11 Å². The van der Waals surface area contributed by atoms with Crippen LogP contribution in [0.4, 0.5) is 5.69 Å². The number of ether oxygens (including phenoxy) is 1. The fourth-order valence-electron chi connectivity index (χ4n) is 3.68. The van der Waals surface area contributed by atoms with E-state index >= 15 is 0 Å². The molecule has 3 heteroatoms. The summed E-state index contributed by atoms with van der Waals surface area (Å²) in [5.74, 6) is 0.923. The highest BCUT2D eigenvalue weighted by molar-refractivity contribution is 5.48. The maximum atomic E-state index is 5.25. The summed E-state index contributed by atoms with van der Waals surface area (Å²) in [4.78, 5) is 2.40. The van der Waals surface area contributed by atoms with E-state index in [-0.39, 0.29) is 0 Å². The number of hydrogen-bond acceptors (Lipinski definition) is 3. The van der Waals surface area contributed by atoms with Crippen LogP contribution < -0.4 is 15.0 Å². The zero-order valence-corrected chi connectivity index (χ0v) is 13.8. The van der Waals surface area contributed by atoms with Crippen molar-refractivity contribution in [1.29, 1.82) is 0 Å². The summed E-state index contributed by atoms with van der Waals surface area (Å²) in [5, 5.41) is 3.43. The molecule has 3 nitrogen and oxygen atoms in total. The highest BCUT2D eigenvalue weighted by atomic mass is 16.5. The molecule has 1 aromatic carbocycles. The van der Waals surface area contributed by atoms with E-state index in [2.05, 4.69) is 36.4 Å². The molecule has 1 fully saturated rings. The van der Waals surface area contributed by atoms with E-state index in [1.165, 1.54) is 44.2 Å². The Morgan fingerprint density at radius 2 is 1.71 bits per heavy atom. The Morgan fingerprint density at radius 3 is 2.24 bits per heavy atom. The second kappa shape index (κ2) is 7.69. The molecule has 0 aliphatic heterocycles. The van der Waals surface area contributed by atoms with Gasteiger partial charge >= 0.3 is 0 Å². The summed E-state index contributed by atoms with van der Waals surface area (Å²) in [6.07, 6.45) is 8.23. The third-order valence-electron chi connectivity index (χ3n) is 4.80. The smallest absolute Gasteiger partial charge is 0.119 e. The zero-order valence-electron chi connectivity index (χ0n) is 13.8. The van der Waals surface area contributed by atoms with Gasteiger partial charge in [0.1, 0.15) is 5.75 Å². The van der Waals surface area contributed by atoms with E-state index in [1.54, 1.807) is 7.11 Å². The van der Waals surface area contributed by atoms with Crippen molar-refractivity contribution in [2.75, 3.05) is 39.2 Å². The third kappa shape index (κ3) is 4.37. The lowest BCUT2D eigenvalue weighted by molar-refractivity contribution is 0.245. The van der Waals surface area contributed by atoms with E-state index in [9.17, 15) is 0 Å². The lowest BCUT2D eigenvalue weighted by atomic mass is 9.79. The first-order chi connectivity index (χ1) is 10.2. The van der Waals surface area contributed by atoms with Gasteiger partial charge in [0.15, 0.2) is 0 Å². The molecule has 0 unspecified atom stereocenters. The van der Waals surface area contributed by atoms with Crippen LogP contribution in [0, 0.1) is 5.41 Å². The molecule has 0 atom stereocenters. The van der Waals surface area contributed by atoms with Crippen LogP contribution in [0.15, 0.2) is 24.3 Å². The number of nitrogens with one attached hydrogen (secondary N) is 1. The zero-order chi connectivity index (χ0) is 15.1. The van der Waals surface area contributed by atoms with Crippen molar-refractivity contribution in [3.8, 4) is 5.75 Å². The van der Waals surface area contributed by atoms with Crippen LogP contribution in [0.3, 0.4) is 0 Å². The lowest BCUT2D eigenvalue weighted by Crippen LogP contribution is -2.42. The van der Waals surface area contributed by atoms with Gasteiger partial charge in [-0.15, -0.1) is 0 Å². The van der Waals surface area contributed by atoms with Gasteiger partial charge < -0.3 is 15.0 Å². The molecule has 0 spiro atoms. The summed E-state index contributed by atoms with van der Waals surface area (Å²) < 4.78 is 5.25. The van der Waals surface area contributed by atoms with Crippen molar-refractivity contribution >= 4 is 5.69 Å². The summed E-state index contributed by atoms with van der Waals surface area (Å²) in [7, 11) is 6.01. The first-order valence-corrected chi connectivity index (χ1v) is 8.19. The number of methoxy groups -OCH3 is 1. The van der Waals surface area contributed by atoms with Crippen LogP contribution in [0.2, 0.25) is 0 Å². The van der Waals surface area contributed by atoms with Crippen LogP contribution in [0.5, 0.6) is 5.75 Å². The molecule has 0 saturated heterocycles. The average molecular weight is 290 g/mol. The second-order valence-corrected chi connectivity index (χ2v) is 6.50. The fraction of sp³-hybridized carbons (Fsp3) is 0.667. The minimum atomic E-state index is 0.417. The molecule has 2 rings (SSSR count). The van der Waals surface area contributed by atoms with Crippen molar-refractivity contribution in [2.24, 2.45) is 5.41 Å². The third-order valence-corrected chi connectivity index (χ3v) is 4.80. The van der Waals surface area contributed by atoms with Crippen LogP contribution in [0.1, 0.15) is 38.5 Å². The van der Waals surface area contributed by atoms with Gasteiger partial charge in [-0.2, -0.15) is 0 Å². The minimum Gasteiger partial charge on any atom is -0.497 e. The van der Waals surface area contributed by atoms with Gasteiger partial charge in [-0.1, -0.05) is 25.7 Å². The molecule has 0 amide bonds. The summed E-state index contributed by atoms with van der Waals surface area (Å²) in [6.45, 7) is 2.24. The van der Waals surface area contributed by atoms with E-state index in [0.717, 1.165) is 18.8 Å². The van der Waals surface area contributed by atoms with Crippen molar-refractivity contribution in [1.82, 2.24) is 5.32 Å². The van der Waals surface area contributed by atoms with E-state index < -0.39 is 0 Å². The van der Waals surface area contributed by atoms with Gasteiger partial charge in [-0.25, -0.2) is 0 Å². The maximum absolute atomic E-state index is 5.25. The van der Waals surface area contributed by atoms with Crippen LogP contribution in [-0.4, -0.2) is 34.3 Å². The molecular weight excluding hydrogens is 260 g/mol. The Balaban J connectivity index is 2.07. The molecule has 1 aliphatic rings. The molecular formula is C18H30N2O. The van der Waals surface area contributed by atoms with E-state index in [0.29, 0.717) is 5.41 Å². The van der Waals surface area contributed by atoms with Crippen molar-refractivity contribution in [3.05, 3.63) is 24.3 Å². The van der Waals surface area contributed by atoms with E-state index in [1.807, 2.05) is 12.1 Å². The molecule has 0 bridgehead atoms. The number of hydrogen-bond donors (Lipinski definition) is 1. The highest BCUT2D eigenvalue weighted by Crippen LogP contribution is 2.36. The van der Waals surface area contributed by atoms with Gasteiger partial charge in [0, 0.05) is 31.2 Å². The Morgan fingerprint density at radius 1 is 1.10 bits per heavy atom. The summed E-state index contributed by atoms with van der Waals surface area (Å²) in [5.41, 5.74) is 1.69. The summed E-state index contributed by atoms with van der Waals surface area (Å²) >= 11 is 0. The predicted molar refractivity (Wildman–Crippen MR) is 90.3 cm³/mol. The topological polar surface area (TPSA) is 24.5 Å². The Bertz CT molecular complexity index is 408. The monoisotopic (exact) mass is 290 g/mol. The minimum absolute atomic E-state index is 0.417. The molecule has 1 aliphatic carbocycles. The molecule has 21 heavy (non-hydrogen) atoms. The number of nitrogens with zero attached hydrogens (tertiary/aromatic N) is 1. The lowest BCUT2D eigenvalue weighted by Gasteiger charge is -2.37. The number of benzene rings is 1. The van der Waals surface area contributed by atoms with Crippen molar-refractivity contribution in [2.45, 2.75) is 38.5 Å². The first kappa shape index (κ1) is 16.2. The van der Waals surface area contributed by atoms with Crippen LogP contribution in [0.25, 0.3) is 0 Å². The quantitative estimate of drug-likeness (QED) is 0.809. The summed E-state index contributed by atoms with van der Waals surface area (Å²) in [6, 6.07) is 8.40. The molecule has 1 aromatic rings. The molecule has 0 aromatic heterocycles. The molecule has 1 N–H and O–H groups in total. The Labute approximate surface area is 129 Å². The average Bonchev–Trinajstić information content (AvgIpc) is 2.73. The SMILES string of the molecule is CNCC1(CN(C)c2ccc(OC)cc2)CCCCCC1. The van der Waals surface area contributed by atoms with Crippen LogP contribution in [-0.2, 0) is 0 Å². The molecule has 0 radical (unpaired) electrons. The van der Waals surface area contributed by atoms with E-state index in [4.69, 9.17) is 4.74 Å². The fourth-order valence-corrected chi connectivity index (χ4v) is 3.68. The molecule has 118 valence electrons. The highest BCUT2D eigenvalue weighted by Gasteiger charge is 2.31. The first-order valence-electron chi connectivity index (χ1n) is 8.19. The normalized spacial score (nSPS) is 18.0. The Kier molecular flexibility index (Phi) is 5.92. The maximum Gasteiger partial charge on any atom is 0.119 e. The number of rotatable bonds is 6. The Hall–Kier alpha value is -1.22. The van der Waals surface area contributed by atoms with Gasteiger partial charge in [0.25, 0.3) is 0 Å². The van der Waals surface area contributed by atoms with Crippen molar-refractivity contribution in [3.63, 3.8) is 0 Å². The van der Waals surface area contributed by atoms with Crippen molar-refractivity contribution < 1.29 is 4.74 Å².